The Labute approximate surface area is 224 Å². The van der Waals surface area contributed by atoms with Crippen molar-refractivity contribution in [2.24, 2.45) is 0 Å². The van der Waals surface area contributed by atoms with E-state index in [2.05, 4.69) is 20.9 Å². The second-order valence-electron chi connectivity index (χ2n) is 9.16. The van der Waals surface area contributed by atoms with Gasteiger partial charge < -0.3 is 5.32 Å². The smallest absolute Gasteiger partial charge is 0.318 e. The lowest BCUT2D eigenvalue weighted by Crippen LogP contribution is -2.48. The number of thioether (sulfide) groups is 1. The normalized spacial score (nSPS) is 17.0. The number of hydrogen-bond donors (Lipinski definition) is 2. The van der Waals surface area contributed by atoms with Gasteiger partial charge in [-0.15, -0.1) is 10.2 Å². The molecule has 0 saturated carbocycles. The molecule has 0 bridgehead atoms. The number of carbonyl (C=O) groups is 3. The fraction of sp³-hybridized carbons (Fsp3) is 0.179. The number of benzene rings is 3. The quantitative estimate of drug-likeness (QED) is 0.277. The molecule has 0 aliphatic carbocycles. The molecule has 0 spiro atoms. The van der Waals surface area contributed by atoms with E-state index in [4.69, 9.17) is 0 Å². The number of aromatic nitrogens is 3. The fourth-order valence-electron chi connectivity index (χ4n) is 4.23. The van der Waals surface area contributed by atoms with Gasteiger partial charge in [-0.3, -0.25) is 19.6 Å². The van der Waals surface area contributed by atoms with Crippen LogP contribution in [0.25, 0.3) is 17.1 Å². The van der Waals surface area contributed by atoms with Gasteiger partial charge in [-0.1, -0.05) is 78.5 Å². The Morgan fingerprint density at radius 1 is 0.947 bits per heavy atom. The molecule has 1 atom stereocenters. The SMILES string of the molecule is Cc1ccc(-n2c(SCC(=O)NN3C(=O)NC(C)(c4ccccc4)C3=O)nnc2-c2ccccc2)cc1C. The first-order valence-electron chi connectivity index (χ1n) is 12.0. The molecule has 38 heavy (non-hydrogen) atoms. The molecular weight excluding hydrogens is 500 g/mol. The first-order valence-corrected chi connectivity index (χ1v) is 13.0. The molecular formula is C28H26N6O3S. The van der Waals surface area contributed by atoms with Gasteiger partial charge in [0.25, 0.3) is 5.91 Å². The Kier molecular flexibility index (Phi) is 6.73. The summed E-state index contributed by atoms with van der Waals surface area (Å²) in [5.41, 5.74) is 5.82. The number of hydrogen-bond acceptors (Lipinski definition) is 6. The van der Waals surface area contributed by atoms with E-state index in [9.17, 15) is 14.4 Å². The number of nitrogens with one attached hydrogen (secondary N) is 2. The first kappa shape index (κ1) is 25.2. The molecule has 1 aromatic heterocycles. The highest BCUT2D eigenvalue weighted by Crippen LogP contribution is 2.30. The van der Waals surface area contributed by atoms with Crippen molar-refractivity contribution in [1.29, 1.82) is 0 Å². The maximum atomic E-state index is 13.1. The second kappa shape index (κ2) is 10.1. The minimum absolute atomic E-state index is 0.0864. The van der Waals surface area contributed by atoms with Crippen molar-refractivity contribution in [2.75, 3.05) is 5.75 Å². The van der Waals surface area contributed by atoms with Crippen LogP contribution < -0.4 is 10.7 Å². The van der Waals surface area contributed by atoms with E-state index >= 15 is 0 Å². The predicted octanol–water partition coefficient (Wildman–Crippen LogP) is 4.14. The highest BCUT2D eigenvalue weighted by atomic mass is 32.2. The Morgan fingerprint density at radius 2 is 1.63 bits per heavy atom. The molecule has 1 unspecified atom stereocenters. The summed E-state index contributed by atoms with van der Waals surface area (Å²) in [5, 5.41) is 12.7. The van der Waals surface area contributed by atoms with Gasteiger partial charge in [-0.25, -0.2) is 4.79 Å². The van der Waals surface area contributed by atoms with E-state index in [1.54, 1.807) is 31.2 Å². The number of rotatable bonds is 7. The predicted molar refractivity (Wildman–Crippen MR) is 144 cm³/mol. The summed E-state index contributed by atoms with van der Waals surface area (Å²) in [6.45, 7) is 5.69. The maximum Gasteiger partial charge on any atom is 0.344 e. The van der Waals surface area contributed by atoms with Gasteiger partial charge in [0.1, 0.15) is 5.54 Å². The molecule has 9 nitrogen and oxygen atoms in total. The Bertz CT molecular complexity index is 1520. The third-order valence-electron chi connectivity index (χ3n) is 6.52. The minimum atomic E-state index is -1.27. The molecule has 0 radical (unpaired) electrons. The van der Waals surface area contributed by atoms with Crippen LogP contribution in [0, 0.1) is 13.8 Å². The zero-order valence-electron chi connectivity index (χ0n) is 21.1. The lowest BCUT2D eigenvalue weighted by Gasteiger charge is -2.22. The molecule has 4 amide bonds. The van der Waals surface area contributed by atoms with Crippen LogP contribution in [0.15, 0.2) is 84.0 Å². The maximum absolute atomic E-state index is 13.1. The number of nitrogens with zero attached hydrogens (tertiary/aromatic N) is 4. The van der Waals surface area contributed by atoms with Crippen molar-refractivity contribution >= 4 is 29.6 Å². The molecule has 3 aromatic carbocycles. The second-order valence-corrected chi connectivity index (χ2v) is 10.1. The van der Waals surface area contributed by atoms with Gasteiger partial charge in [0.05, 0.1) is 11.4 Å². The summed E-state index contributed by atoms with van der Waals surface area (Å²) >= 11 is 1.17. The van der Waals surface area contributed by atoms with Gasteiger partial charge >= 0.3 is 6.03 Å². The van der Waals surface area contributed by atoms with Crippen LogP contribution >= 0.6 is 11.8 Å². The highest BCUT2D eigenvalue weighted by molar-refractivity contribution is 7.99. The zero-order chi connectivity index (χ0) is 26.9. The zero-order valence-corrected chi connectivity index (χ0v) is 22.0. The molecule has 10 heteroatoms. The molecule has 1 aliphatic rings. The molecule has 5 rings (SSSR count). The van der Waals surface area contributed by atoms with Crippen LogP contribution in [0.3, 0.4) is 0 Å². The van der Waals surface area contributed by atoms with E-state index in [0.717, 1.165) is 27.4 Å². The summed E-state index contributed by atoms with van der Waals surface area (Å²) in [5.74, 6) is -0.524. The average Bonchev–Trinajstić information content (AvgIpc) is 3.45. The largest absolute Gasteiger partial charge is 0.344 e. The molecule has 192 valence electrons. The Morgan fingerprint density at radius 3 is 2.32 bits per heavy atom. The van der Waals surface area contributed by atoms with Crippen LogP contribution in [0.2, 0.25) is 0 Å². The van der Waals surface area contributed by atoms with Crippen molar-refractivity contribution < 1.29 is 14.4 Å². The van der Waals surface area contributed by atoms with Crippen LogP contribution in [-0.4, -0.2) is 43.4 Å². The van der Waals surface area contributed by atoms with Crippen molar-refractivity contribution in [3.05, 3.63) is 95.6 Å². The Hall–Kier alpha value is -4.44. The summed E-state index contributed by atoms with van der Waals surface area (Å²) in [6, 6.07) is 24.0. The van der Waals surface area contributed by atoms with Gasteiger partial charge in [0, 0.05) is 5.56 Å². The van der Waals surface area contributed by atoms with Crippen LogP contribution in [0.4, 0.5) is 4.79 Å². The van der Waals surface area contributed by atoms with E-state index in [-0.39, 0.29) is 5.75 Å². The topological polar surface area (TPSA) is 109 Å². The van der Waals surface area contributed by atoms with Gasteiger partial charge in [0.15, 0.2) is 11.0 Å². The van der Waals surface area contributed by atoms with Crippen molar-refractivity contribution in [1.82, 2.24) is 30.5 Å². The summed E-state index contributed by atoms with van der Waals surface area (Å²) < 4.78 is 1.90. The third-order valence-corrected chi connectivity index (χ3v) is 7.45. The average molecular weight is 527 g/mol. The van der Waals surface area contributed by atoms with E-state index in [0.29, 0.717) is 16.5 Å². The summed E-state index contributed by atoms with van der Waals surface area (Å²) in [7, 11) is 0. The van der Waals surface area contributed by atoms with Crippen molar-refractivity contribution in [3.63, 3.8) is 0 Å². The monoisotopic (exact) mass is 526 g/mol. The highest BCUT2D eigenvalue weighted by Gasteiger charge is 2.49. The van der Waals surface area contributed by atoms with Crippen LogP contribution in [-0.2, 0) is 15.1 Å². The van der Waals surface area contributed by atoms with Gasteiger partial charge in [0.2, 0.25) is 5.91 Å². The number of imide groups is 1. The summed E-state index contributed by atoms with van der Waals surface area (Å²) in [6.07, 6.45) is 0. The van der Waals surface area contributed by atoms with Gasteiger partial charge in [-0.2, -0.15) is 5.01 Å². The number of amides is 4. The first-order chi connectivity index (χ1) is 18.3. The van der Waals surface area contributed by atoms with Crippen molar-refractivity contribution in [3.8, 4) is 17.1 Å². The third kappa shape index (κ3) is 4.66. The molecule has 4 aromatic rings. The van der Waals surface area contributed by atoms with Crippen molar-refractivity contribution in [2.45, 2.75) is 31.5 Å². The van der Waals surface area contributed by atoms with E-state index < -0.39 is 23.4 Å². The number of hydrazine groups is 1. The number of carbonyl (C=O) groups excluding carboxylic acids is 3. The lowest BCUT2D eigenvalue weighted by molar-refractivity contribution is -0.138. The van der Waals surface area contributed by atoms with E-state index in [1.807, 2.05) is 73.0 Å². The fourth-order valence-corrected chi connectivity index (χ4v) is 4.97. The molecule has 1 aliphatic heterocycles. The molecule has 2 heterocycles. The molecule has 1 fully saturated rings. The summed E-state index contributed by atoms with van der Waals surface area (Å²) in [4.78, 5) is 38.6. The van der Waals surface area contributed by atoms with E-state index in [1.165, 1.54) is 11.8 Å². The lowest BCUT2D eigenvalue weighted by atomic mass is 9.92. The van der Waals surface area contributed by atoms with Crippen LogP contribution in [0.1, 0.15) is 23.6 Å². The minimum Gasteiger partial charge on any atom is -0.318 e. The van der Waals surface area contributed by atoms with Crippen LogP contribution in [0.5, 0.6) is 0 Å². The number of urea groups is 1. The molecule has 2 N–H and O–H groups in total. The molecule has 1 saturated heterocycles. The van der Waals surface area contributed by atoms with Gasteiger partial charge in [-0.05, 0) is 49.6 Å². The number of aryl methyl sites for hydroxylation is 2. The standard InChI is InChI=1S/C28H26N6O3S/c1-18-14-15-22(16-19(18)2)33-24(20-10-6-4-7-11-20)30-31-27(33)38-17-23(35)32-34-25(36)28(3,29-26(34)37)21-12-8-5-9-13-21/h4-16H,17H2,1-3H3,(H,29,37)(H,32,35). The Balaban J connectivity index is 1.36.